The molecule has 1 saturated carbocycles. The summed E-state index contributed by atoms with van der Waals surface area (Å²) in [5, 5.41) is 0. The summed E-state index contributed by atoms with van der Waals surface area (Å²) in [6, 6.07) is 5.42. The molecule has 17 heavy (non-hydrogen) atoms. The number of hydrogen-bond acceptors (Lipinski definition) is 3. The lowest BCUT2D eigenvalue weighted by Crippen LogP contribution is -2.25. The number of H-pyrrole nitrogens is 1. The van der Waals surface area contributed by atoms with Gasteiger partial charge in [-0.1, -0.05) is 12.2 Å². The molecule has 0 aromatic carbocycles. The van der Waals surface area contributed by atoms with Crippen molar-refractivity contribution < 1.29 is 4.42 Å². The van der Waals surface area contributed by atoms with Crippen LogP contribution >= 0.6 is 12.2 Å². The van der Waals surface area contributed by atoms with Gasteiger partial charge in [0.25, 0.3) is 0 Å². The van der Waals surface area contributed by atoms with Gasteiger partial charge in [-0.25, -0.2) is 4.79 Å². The maximum Gasteiger partial charge on any atom is 0.327 e. The lowest BCUT2D eigenvalue weighted by atomic mass is 10.3. The van der Waals surface area contributed by atoms with E-state index < -0.39 is 0 Å². The molecule has 0 saturated heterocycles. The highest BCUT2D eigenvalue weighted by molar-refractivity contribution is 7.71. The Morgan fingerprint density at radius 3 is 3.00 bits per heavy atom. The minimum Gasteiger partial charge on any atom is -0.463 e. The van der Waals surface area contributed by atoms with Crippen molar-refractivity contribution in [2.75, 3.05) is 0 Å². The third-order valence-electron chi connectivity index (χ3n) is 2.95. The van der Waals surface area contributed by atoms with E-state index in [0.717, 1.165) is 12.2 Å². The van der Waals surface area contributed by atoms with E-state index in [1.54, 1.807) is 23.0 Å². The maximum absolute atomic E-state index is 11.9. The van der Waals surface area contributed by atoms with E-state index in [4.69, 9.17) is 16.6 Å². The highest BCUT2D eigenvalue weighted by Gasteiger charge is 2.24. The number of furan rings is 1. The number of hydrogen-bond donors (Lipinski definition) is 1. The predicted molar refractivity (Wildman–Crippen MR) is 66.3 cm³/mol. The van der Waals surface area contributed by atoms with Crippen LogP contribution in [0.25, 0.3) is 11.5 Å². The van der Waals surface area contributed by atoms with E-state index in [-0.39, 0.29) is 5.69 Å². The second-order valence-electron chi connectivity index (χ2n) is 4.36. The monoisotopic (exact) mass is 248 g/mol. The Kier molecular flexibility index (Phi) is 2.48. The van der Waals surface area contributed by atoms with Crippen molar-refractivity contribution in [2.45, 2.75) is 19.4 Å². The summed E-state index contributed by atoms with van der Waals surface area (Å²) in [6.45, 7) is 0.737. The molecule has 1 aliphatic carbocycles. The molecule has 4 nitrogen and oxygen atoms in total. The Hall–Kier alpha value is -1.62. The molecular formula is C12H12N2O2S. The minimum atomic E-state index is -0.157. The fourth-order valence-corrected chi connectivity index (χ4v) is 2.09. The summed E-state index contributed by atoms with van der Waals surface area (Å²) in [6.07, 6.45) is 3.99. The molecule has 0 amide bonds. The van der Waals surface area contributed by atoms with Crippen LogP contribution in [0.5, 0.6) is 0 Å². The van der Waals surface area contributed by atoms with Gasteiger partial charge < -0.3 is 4.42 Å². The first-order chi connectivity index (χ1) is 8.24. The highest BCUT2D eigenvalue weighted by Crippen LogP contribution is 2.31. The van der Waals surface area contributed by atoms with Crippen molar-refractivity contribution in [2.24, 2.45) is 5.92 Å². The summed E-state index contributed by atoms with van der Waals surface area (Å²) in [5.74, 6) is 1.30. The predicted octanol–water partition coefficient (Wildman–Crippen LogP) is 2.58. The second kappa shape index (κ2) is 4.00. The highest BCUT2D eigenvalue weighted by atomic mass is 32.1. The lowest BCUT2D eigenvalue weighted by Gasteiger charge is -2.09. The van der Waals surface area contributed by atoms with Crippen LogP contribution in [0.15, 0.2) is 33.7 Å². The van der Waals surface area contributed by atoms with E-state index in [1.165, 1.54) is 12.8 Å². The quantitative estimate of drug-likeness (QED) is 0.849. The average Bonchev–Trinajstić information content (AvgIpc) is 2.93. The fourth-order valence-electron chi connectivity index (χ4n) is 1.89. The molecule has 3 rings (SSSR count). The standard InChI is InChI=1S/C12H12N2O2S/c15-12-13-11(17)6-9(10-2-1-5-16-10)14(12)7-8-3-4-8/h1-2,5-6,8H,3-4,7H2,(H,13,15,17). The first-order valence-corrected chi connectivity index (χ1v) is 6.03. The Balaban J connectivity index is 2.16. The number of rotatable bonds is 3. The van der Waals surface area contributed by atoms with Crippen LogP contribution in [0.1, 0.15) is 12.8 Å². The van der Waals surface area contributed by atoms with Crippen LogP contribution < -0.4 is 5.69 Å². The topological polar surface area (TPSA) is 50.9 Å². The fraction of sp³-hybridized carbons (Fsp3) is 0.333. The van der Waals surface area contributed by atoms with Crippen molar-refractivity contribution in [3.8, 4) is 11.5 Å². The first kappa shape index (κ1) is 10.5. The zero-order valence-electron chi connectivity index (χ0n) is 9.18. The zero-order valence-corrected chi connectivity index (χ0v) is 10.00. The van der Waals surface area contributed by atoms with E-state index in [2.05, 4.69) is 4.98 Å². The summed E-state index contributed by atoms with van der Waals surface area (Å²) in [7, 11) is 0. The van der Waals surface area contributed by atoms with Crippen LogP contribution in [0.4, 0.5) is 0 Å². The van der Waals surface area contributed by atoms with Gasteiger partial charge in [0.05, 0.1) is 12.0 Å². The molecule has 2 heterocycles. The minimum absolute atomic E-state index is 0.157. The van der Waals surface area contributed by atoms with E-state index in [9.17, 15) is 4.79 Å². The summed E-state index contributed by atoms with van der Waals surface area (Å²) < 4.78 is 7.51. The van der Waals surface area contributed by atoms with Gasteiger partial charge in [0.2, 0.25) is 0 Å². The van der Waals surface area contributed by atoms with Gasteiger partial charge >= 0.3 is 5.69 Å². The molecule has 0 atom stereocenters. The van der Waals surface area contributed by atoms with Crippen molar-refractivity contribution in [3.05, 3.63) is 39.6 Å². The molecule has 0 aliphatic heterocycles. The third-order valence-corrected chi connectivity index (χ3v) is 3.17. The first-order valence-electron chi connectivity index (χ1n) is 5.62. The van der Waals surface area contributed by atoms with Crippen molar-refractivity contribution in [1.82, 2.24) is 9.55 Å². The van der Waals surface area contributed by atoms with E-state index in [0.29, 0.717) is 16.3 Å². The molecule has 2 aromatic heterocycles. The molecule has 1 fully saturated rings. The van der Waals surface area contributed by atoms with E-state index >= 15 is 0 Å². The smallest absolute Gasteiger partial charge is 0.327 e. The van der Waals surface area contributed by atoms with Crippen LogP contribution in [0.3, 0.4) is 0 Å². The molecular weight excluding hydrogens is 236 g/mol. The Morgan fingerprint density at radius 1 is 1.53 bits per heavy atom. The number of aromatic nitrogens is 2. The summed E-state index contributed by atoms with van der Waals surface area (Å²) >= 11 is 5.04. The zero-order chi connectivity index (χ0) is 11.8. The number of aromatic amines is 1. The van der Waals surface area contributed by atoms with Gasteiger partial charge in [-0.05, 0) is 30.9 Å². The van der Waals surface area contributed by atoms with Gasteiger partial charge in [-0.2, -0.15) is 0 Å². The second-order valence-corrected chi connectivity index (χ2v) is 4.80. The molecule has 1 N–H and O–H groups in total. The van der Waals surface area contributed by atoms with Gasteiger partial charge in [0.1, 0.15) is 4.64 Å². The molecule has 0 bridgehead atoms. The Morgan fingerprint density at radius 2 is 2.35 bits per heavy atom. The van der Waals surface area contributed by atoms with Gasteiger partial charge in [0.15, 0.2) is 5.76 Å². The summed E-state index contributed by atoms with van der Waals surface area (Å²) in [5.41, 5.74) is 0.603. The average molecular weight is 248 g/mol. The van der Waals surface area contributed by atoms with Crippen LogP contribution in [0, 0.1) is 10.6 Å². The normalized spacial score (nSPS) is 15.1. The third kappa shape index (κ3) is 2.10. The Bertz CT molecular complexity index is 635. The molecule has 1 aliphatic rings. The SMILES string of the molecule is O=c1[nH]c(=S)cc(-c2ccco2)n1CC1CC1. The largest absolute Gasteiger partial charge is 0.463 e. The van der Waals surface area contributed by atoms with Crippen molar-refractivity contribution >= 4 is 12.2 Å². The lowest BCUT2D eigenvalue weighted by molar-refractivity contribution is 0.551. The van der Waals surface area contributed by atoms with Crippen LogP contribution in [0.2, 0.25) is 0 Å². The van der Waals surface area contributed by atoms with Crippen LogP contribution in [-0.4, -0.2) is 9.55 Å². The number of nitrogens with one attached hydrogen (secondary N) is 1. The van der Waals surface area contributed by atoms with Gasteiger partial charge in [-0.15, -0.1) is 0 Å². The molecule has 0 spiro atoms. The van der Waals surface area contributed by atoms with Crippen molar-refractivity contribution in [3.63, 3.8) is 0 Å². The molecule has 0 unspecified atom stereocenters. The number of nitrogens with zero attached hydrogens (tertiary/aromatic N) is 1. The van der Waals surface area contributed by atoms with E-state index in [1.807, 2.05) is 6.07 Å². The molecule has 0 radical (unpaired) electrons. The van der Waals surface area contributed by atoms with Gasteiger partial charge in [-0.3, -0.25) is 9.55 Å². The van der Waals surface area contributed by atoms with Gasteiger partial charge in [0, 0.05) is 12.6 Å². The van der Waals surface area contributed by atoms with Crippen LogP contribution in [-0.2, 0) is 6.54 Å². The summed E-state index contributed by atoms with van der Waals surface area (Å²) in [4.78, 5) is 14.6. The maximum atomic E-state index is 11.9. The molecule has 2 aromatic rings. The molecule has 88 valence electrons. The van der Waals surface area contributed by atoms with Crippen molar-refractivity contribution in [1.29, 1.82) is 0 Å². The molecule has 5 heteroatoms. The Labute approximate surface area is 103 Å².